The second kappa shape index (κ2) is 6.37. The largest absolute Gasteiger partial charge is 0.346 e. The van der Waals surface area contributed by atoms with E-state index >= 15 is 0 Å². The topological polar surface area (TPSA) is 44.0 Å². The molecule has 2 N–H and O–H groups in total. The molecule has 0 saturated carbocycles. The molecule has 3 heterocycles. The number of nitrogens with one attached hydrogen (secondary N) is 2. The number of pyridine rings is 1. The Labute approximate surface area is 120 Å². The average molecular weight is 272 g/mol. The Hall–Kier alpha value is -1.39. The second-order valence-corrected chi connectivity index (χ2v) is 5.96. The van der Waals surface area contributed by atoms with Crippen LogP contribution in [0.4, 0.5) is 0 Å². The molecule has 108 valence electrons. The molecule has 0 aliphatic carbocycles. The molecule has 4 nitrogen and oxygen atoms in total. The molecule has 1 saturated heterocycles. The summed E-state index contributed by atoms with van der Waals surface area (Å²) in [4.78, 5) is 10.1. The third-order valence-electron chi connectivity index (χ3n) is 4.11. The first kappa shape index (κ1) is 13.6. The minimum absolute atomic E-state index is 0.705. The van der Waals surface area contributed by atoms with Crippen LogP contribution in [-0.4, -0.2) is 41.0 Å². The molecule has 0 spiro atoms. The summed E-state index contributed by atoms with van der Waals surface area (Å²) in [5, 5.41) is 4.81. The molecule has 0 aromatic carbocycles. The average Bonchev–Trinajstić information content (AvgIpc) is 3.09. The third-order valence-corrected chi connectivity index (χ3v) is 4.11. The summed E-state index contributed by atoms with van der Waals surface area (Å²) in [6.07, 6.45) is 6.65. The molecule has 1 fully saturated rings. The van der Waals surface area contributed by atoms with Gasteiger partial charge in [0.15, 0.2) is 0 Å². The highest BCUT2D eigenvalue weighted by molar-refractivity contribution is 5.79. The quantitative estimate of drug-likeness (QED) is 0.848. The second-order valence-electron chi connectivity index (χ2n) is 5.96. The van der Waals surface area contributed by atoms with Gasteiger partial charge in [0.25, 0.3) is 0 Å². The number of rotatable bonds is 6. The molecule has 2 aromatic heterocycles. The Morgan fingerprint density at radius 1 is 1.40 bits per heavy atom. The van der Waals surface area contributed by atoms with E-state index < -0.39 is 0 Å². The van der Waals surface area contributed by atoms with Crippen LogP contribution in [0.5, 0.6) is 0 Å². The Morgan fingerprint density at radius 2 is 2.25 bits per heavy atom. The van der Waals surface area contributed by atoms with Crippen molar-refractivity contribution in [3.63, 3.8) is 0 Å². The Balaban J connectivity index is 1.47. The van der Waals surface area contributed by atoms with E-state index in [1.165, 1.54) is 43.4 Å². The molecule has 20 heavy (non-hydrogen) atoms. The summed E-state index contributed by atoms with van der Waals surface area (Å²) in [7, 11) is 0. The fourth-order valence-corrected chi connectivity index (χ4v) is 3.08. The van der Waals surface area contributed by atoms with Crippen LogP contribution in [0.2, 0.25) is 0 Å². The number of likely N-dealkylation sites (tertiary alicyclic amines) is 1. The number of H-pyrrole nitrogens is 1. The number of hydrogen-bond acceptors (Lipinski definition) is 3. The van der Waals surface area contributed by atoms with Crippen LogP contribution in [0, 0.1) is 5.92 Å². The van der Waals surface area contributed by atoms with Gasteiger partial charge in [-0.05, 0) is 56.1 Å². The van der Waals surface area contributed by atoms with Crippen molar-refractivity contribution < 1.29 is 0 Å². The minimum Gasteiger partial charge on any atom is -0.346 e. The molecular formula is C16H24N4. The molecule has 1 unspecified atom stereocenters. The van der Waals surface area contributed by atoms with Crippen LogP contribution in [-0.2, 0) is 6.54 Å². The molecule has 3 rings (SSSR count). The van der Waals surface area contributed by atoms with E-state index in [9.17, 15) is 0 Å². The summed E-state index contributed by atoms with van der Waals surface area (Å²) >= 11 is 0. The van der Waals surface area contributed by atoms with Gasteiger partial charge in [0, 0.05) is 30.9 Å². The van der Waals surface area contributed by atoms with Gasteiger partial charge in [-0.2, -0.15) is 0 Å². The predicted octanol–water partition coefficient (Wildman–Crippen LogP) is 2.38. The normalized spacial score (nSPS) is 17.9. The third kappa shape index (κ3) is 3.19. The molecule has 0 bridgehead atoms. The number of aromatic amines is 1. The maximum absolute atomic E-state index is 4.32. The molecule has 2 aromatic rings. The number of nitrogens with zero attached hydrogens (tertiary/aromatic N) is 2. The van der Waals surface area contributed by atoms with Crippen LogP contribution < -0.4 is 5.32 Å². The van der Waals surface area contributed by atoms with Gasteiger partial charge in [-0.15, -0.1) is 0 Å². The predicted molar refractivity (Wildman–Crippen MR) is 82.6 cm³/mol. The van der Waals surface area contributed by atoms with Gasteiger partial charge >= 0.3 is 0 Å². The summed E-state index contributed by atoms with van der Waals surface area (Å²) in [5.41, 5.74) is 2.29. The maximum Gasteiger partial charge on any atom is 0.137 e. The van der Waals surface area contributed by atoms with Crippen LogP contribution in [0.1, 0.15) is 25.3 Å². The fourth-order valence-electron chi connectivity index (χ4n) is 3.08. The van der Waals surface area contributed by atoms with Crippen molar-refractivity contribution in [2.75, 3.05) is 26.2 Å². The Kier molecular flexibility index (Phi) is 4.33. The lowest BCUT2D eigenvalue weighted by Crippen LogP contribution is -2.31. The van der Waals surface area contributed by atoms with Crippen molar-refractivity contribution in [3.8, 4) is 0 Å². The highest BCUT2D eigenvalue weighted by atomic mass is 15.1. The van der Waals surface area contributed by atoms with E-state index in [0.29, 0.717) is 5.92 Å². The Bertz CT molecular complexity index is 542. The molecule has 0 radical (unpaired) electrons. The minimum atomic E-state index is 0.705. The molecule has 0 amide bonds. The van der Waals surface area contributed by atoms with Gasteiger partial charge in [0.1, 0.15) is 5.65 Å². The van der Waals surface area contributed by atoms with Gasteiger partial charge in [-0.25, -0.2) is 4.98 Å². The van der Waals surface area contributed by atoms with Crippen molar-refractivity contribution in [3.05, 3.63) is 30.1 Å². The van der Waals surface area contributed by atoms with E-state index in [2.05, 4.69) is 39.4 Å². The molecular weight excluding hydrogens is 248 g/mol. The number of fused-ring (bicyclic) bond motifs is 1. The number of aromatic nitrogens is 2. The first-order chi connectivity index (χ1) is 9.83. The molecule has 1 atom stereocenters. The van der Waals surface area contributed by atoms with Crippen LogP contribution in [0.25, 0.3) is 11.0 Å². The van der Waals surface area contributed by atoms with Crippen LogP contribution in [0.15, 0.2) is 24.5 Å². The van der Waals surface area contributed by atoms with Crippen molar-refractivity contribution in [1.82, 2.24) is 20.2 Å². The van der Waals surface area contributed by atoms with Crippen molar-refractivity contribution in [2.24, 2.45) is 5.92 Å². The molecule has 1 aliphatic heterocycles. The summed E-state index contributed by atoms with van der Waals surface area (Å²) in [6, 6.07) is 4.12. The highest BCUT2D eigenvalue weighted by Crippen LogP contribution is 2.15. The molecule has 1 aliphatic rings. The lowest BCUT2D eigenvalue weighted by atomic mass is 10.1. The summed E-state index contributed by atoms with van der Waals surface area (Å²) < 4.78 is 0. The van der Waals surface area contributed by atoms with Gasteiger partial charge < -0.3 is 15.2 Å². The van der Waals surface area contributed by atoms with Gasteiger partial charge in [-0.1, -0.05) is 6.92 Å². The first-order valence-electron chi connectivity index (χ1n) is 7.67. The standard InChI is InChI=1S/C16H24N4/c1-13(12-20-7-2-3-8-20)9-17-10-14-11-19-16-15(14)5-4-6-18-16/h4-6,11,13,17H,2-3,7-10,12H2,1H3,(H,18,19). The van der Waals surface area contributed by atoms with Crippen molar-refractivity contribution in [2.45, 2.75) is 26.3 Å². The lowest BCUT2D eigenvalue weighted by molar-refractivity contribution is 0.282. The van der Waals surface area contributed by atoms with E-state index in [1.807, 2.05) is 12.3 Å². The van der Waals surface area contributed by atoms with E-state index in [4.69, 9.17) is 0 Å². The molecule has 4 heteroatoms. The zero-order chi connectivity index (χ0) is 13.8. The number of hydrogen-bond donors (Lipinski definition) is 2. The Morgan fingerprint density at radius 3 is 3.10 bits per heavy atom. The highest BCUT2D eigenvalue weighted by Gasteiger charge is 2.14. The van der Waals surface area contributed by atoms with E-state index in [1.54, 1.807) is 0 Å². The van der Waals surface area contributed by atoms with Gasteiger partial charge in [0.05, 0.1) is 0 Å². The van der Waals surface area contributed by atoms with E-state index in [0.717, 1.165) is 18.7 Å². The zero-order valence-corrected chi connectivity index (χ0v) is 12.2. The monoisotopic (exact) mass is 272 g/mol. The zero-order valence-electron chi connectivity index (χ0n) is 12.2. The fraction of sp³-hybridized carbons (Fsp3) is 0.562. The lowest BCUT2D eigenvalue weighted by Gasteiger charge is -2.20. The van der Waals surface area contributed by atoms with Gasteiger partial charge in [-0.3, -0.25) is 0 Å². The van der Waals surface area contributed by atoms with Crippen molar-refractivity contribution in [1.29, 1.82) is 0 Å². The van der Waals surface area contributed by atoms with E-state index in [-0.39, 0.29) is 0 Å². The van der Waals surface area contributed by atoms with Crippen LogP contribution in [0.3, 0.4) is 0 Å². The van der Waals surface area contributed by atoms with Gasteiger partial charge in [0.2, 0.25) is 0 Å². The smallest absolute Gasteiger partial charge is 0.137 e. The first-order valence-corrected chi connectivity index (χ1v) is 7.67. The SMILES string of the molecule is CC(CNCc1c[nH]c2ncccc12)CN1CCCC1. The summed E-state index contributed by atoms with van der Waals surface area (Å²) in [5.74, 6) is 0.705. The summed E-state index contributed by atoms with van der Waals surface area (Å²) in [6.45, 7) is 8.13. The maximum atomic E-state index is 4.32. The van der Waals surface area contributed by atoms with Crippen LogP contribution >= 0.6 is 0 Å². The van der Waals surface area contributed by atoms with Crippen molar-refractivity contribution >= 4 is 11.0 Å².